The minimum atomic E-state index is -4.46. The van der Waals surface area contributed by atoms with Crippen LogP contribution in [0.5, 0.6) is 5.75 Å². The molecule has 122 valence electrons. The maximum absolute atomic E-state index is 13.1. The normalized spacial score (nSPS) is 13.9. The number of hydrogen-bond donors (Lipinski definition) is 1. The highest BCUT2D eigenvalue weighted by Crippen LogP contribution is 2.37. The molecule has 0 unspecified atom stereocenters. The highest BCUT2D eigenvalue weighted by Gasteiger charge is 2.34. The van der Waals surface area contributed by atoms with Crippen molar-refractivity contribution in [3.8, 4) is 5.75 Å². The summed E-state index contributed by atoms with van der Waals surface area (Å²) in [6.07, 6.45) is -4.46. The van der Waals surface area contributed by atoms with Gasteiger partial charge in [-0.2, -0.15) is 13.2 Å². The van der Waals surface area contributed by atoms with Gasteiger partial charge in [0.1, 0.15) is 12.4 Å². The first kappa shape index (κ1) is 15.8. The van der Waals surface area contributed by atoms with Gasteiger partial charge in [0, 0.05) is 6.54 Å². The second-order valence-corrected chi connectivity index (χ2v) is 5.42. The highest BCUT2D eigenvalue weighted by molar-refractivity contribution is 5.40. The second kappa shape index (κ2) is 6.22. The minimum absolute atomic E-state index is 0.0599. The summed E-state index contributed by atoms with van der Waals surface area (Å²) in [4.78, 5) is 0. The van der Waals surface area contributed by atoms with E-state index in [2.05, 4.69) is 0 Å². The molecular formula is C17H16F3NO2. The summed E-state index contributed by atoms with van der Waals surface area (Å²) >= 11 is 0. The molecule has 1 aliphatic heterocycles. The van der Waals surface area contributed by atoms with Crippen molar-refractivity contribution >= 4 is 0 Å². The number of hydrogen-bond acceptors (Lipinski definition) is 3. The van der Waals surface area contributed by atoms with Gasteiger partial charge in [0.2, 0.25) is 0 Å². The number of ether oxygens (including phenoxy) is 2. The van der Waals surface area contributed by atoms with Crippen LogP contribution in [0, 0.1) is 0 Å². The maximum atomic E-state index is 13.1. The Bertz CT molecular complexity index is 713. The van der Waals surface area contributed by atoms with E-state index in [4.69, 9.17) is 15.2 Å². The fourth-order valence-electron chi connectivity index (χ4n) is 2.52. The van der Waals surface area contributed by atoms with Crippen LogP contribution in [0.15, 0.2) is 36.4 Å². The van der Waals surface area contributed by atoms with Gasteiger partial charge in [0.15, 0.2) is 0 Å². The van der Waals surface area contributed by atoms with Gasteiger partial charge in [-0.05, 0) is 40.5 Å². The van der Waals surface area contributed by atoms with Crippen molar-refractivity contribution in [3.63, 3.8) is 0 Å². The summed E-state index contributed by atoms with van der Waals surface area (Å²) in [5.41, 5.74) is 8.26. The SMILES string of the molecule is NCc1ccc(C(F)(F)F)c(OCc2ccc3c(c2)COC3)c1. The predicted molar refractivity (Wildman–Crippen MR) is 78.6 cm³/mol. The molecule has 0 saturated carbocycles. The third-order valence-electron chi connectivity index (χ3n) is 3.77. The third-order valence-corrected chi connectivity index (χ3v) is 3.77. The van der Waals surface area contributed by atoms with Crippen LogP contribution in [-0.2, 0) is 37.3 Å². The number of fused-ring (bicyclic) bond motifs is 1. The molecular weight excluding hydrogens is 307 g/mol. The zero-order valence-corrected chi connectivity index (χ0v) is 12.3. The maximum Gasteiger partial charge on any atom is 0.419 e. The predicted octanol–water partition coefficient (Wildman–Crippen LogP) is 3.77. The molecule has 2 N–H and O–H groups in total. The number of halogens is 3. The van der Waals surface area contributed by atoms with Gasteiger partial charge in [-0.15, -0.1) is 0 Å². The average Bonchev–Trinajstić information content (AvgIpc) is 2.99. The van der Waals surface area contributed by atoms with Crippen LogP contribution in [0.1, 0.15) is 27.8 Å². The third kappa shape index (κ3) is 3.48. The Kier molecular flexibility index (Phi) is 4.28. The van der Waals surface area contributed by atoms with Crippen LogP contribution in [-0.4, -0.2) is 0 Å². The van der Waals surface area contributed by atoms with Gasteiger partial charge in [0.25, 0.3) is 0 Å². The summed E-state index contributed by atoms with van der Waals surface area (Å²) in [6, 6.07) is 9.38. The quantitative estimate of drug-likeness (QED) is 0.931. The molecule has 0 atom stereocenters. The number of alkyl halides is 3. The van der Waals surface area contributed by atoms with Crippen molar-refractivity contribution in [3.05, 3.63) is 64.2 Å². The van der Waals surface area contributed by atoms with E-state index < -0.39 is 11.7 Å². The first-order valence-electron chi connectivity index (χ1n) is 7.19. The Balaban J connectivity index is 1.82. The van der Waals surface area contributed by atoms with E-state index in [1.807, 2.05) is 18.2 Å². The summed E-state index contributed by atoms with van der Waals surface area (Å²) in [7, 11) is 0. The molecule has 0 aliphatic carbocycles. The van der Waals surface area contributed by atoms with E-state index in [1.54, 1.807) is 0 Å². The van der Waals surface area contributed by atoms with Crippen LogP contribution in [0.2, 0.25) is 0 Å². The molecule has 6 heteroatoms. The second-order valence-electron chi connectivity index (χ2n) is 5.42. The van der Waals surface area contributed by atoms with Crippen molar-refractivity contribution in [1.29, 1.82) is 0 Å². The van der Waals surface area contributed by atoms with Crippen molar-refractivity contribution in [1.82, 2.24) is 0 Å². The van der Waals surface area contributed by atoms with Crippen molar-refractivity contribution in [2.24, 2.45) is 5.73 Å². The Labute approximate surface area is 131 Å². The fourth-order valence-corrected chi connectivity index (χ4v) is 2.52. The zero-order chi connectivity index (χ0) is 16.4. The zero-order valence-electron chi connectivity index (χ0n) is 12.3. The molecule has 23 heavy (non-hydrogen) atoms. The van der Waals surface area contributed by atoms with Gasteiger partial charge >= 0.3 is 6.18 Å². The lowest BCUT2D eigenvalue weighted by molar-refractivity contribution is -0.139. The summed E-state index contributed by atoms with van der Waals surface area (Å²) in [6.45, 7) is 1.32. The molecule has 0 fully saturated rings. The number of benzene rings is 2. The smallest absolute Gasteiger partial charge is 0.419 e. The van der Waals surface area contributed by atoms with E-state index in [9.17, 15) is 13.2 Å². The Morgan fingerprint density at radius 3 is 2.48 bits per heavy atom. The van der Waals surface area contributed by atoms with E-state index in [0.29, 0.717) is 18.8 Å². The molecule has 0 bridgehead atoms. The molecule has 0 amide bonds. The van der Waals surface area contributed by atoms with Crippen molar-refractivity contribution < 1.29 is 22.6 Å². The van der Waals surface area contributed by atoms with E-state index >= 15 is 0 Å². The molecule has 2 aromatic rings. The van der Waals surface area contributed by atoms with Crippen LogP contribution >= 0.6 is 0 Å². The first-order chi connectivity index (χ1) is 11.0. The lowest BCUT2D eigenvalue weighted by Crippen LogP contribution is -2.10. The van der Waals surface area contributed by atoms with Crippen LogP contribution < -0.4 is 10.5 Å². The lowest BCUT2D eigenvalue weighted by Gasteiger charge is -2.15. The first-order valence-corrected chi connectivity index (χ1v) is 7.19. The summed E-state index contributed by atoms with van der Waals surface area (Å²) < 4.78 is 49.9. The highest BCUT2D eigenvalue weighted by atomic mass is 19.4. The van der Waals surface area contributed by atoms with E-state index in [1.165, 1.54) is 12.1 Å². The Morgan fingerprint density at radius 1 is 1.00 bits per heavy atom. The van der Waals surface area contributed by atoms with Gasteiger partial charge in [-0.3, -0.25) is 0 Å². The van der Waals surface area contributed by atoms with E-state index in [0.717, 1.165) is 22.8 Å². The molecule has 0 spiro atoms. The molecule has 0 radical (unpaired) electrons. The molecule has 1 aliphatic rings. The minimum Gasteiger partial charge on any atom is -0.488 e. The van der Waals surface area contributed by atoms with Crippen molar-refractivity contribution in [2.75, 3.05) is 0 Å². The lowest BCUT2D eigenvalue weighted by atomic mass is 10.1. The van der Waals surface area contributed by atoms with Gasteiger partial charge in [0.05, 0.1) is 18.8 Å². The van der Waals surface area contributed by atoms with Gasteiger partial charge in [-0.1, -0.05) is 18.2 Å². The fraction of sp³-hybridized carbons (Fsp3) is 0.294. The number of rotatable bonds is 4. The van der Waals surface area contributed by atoms with Crippen LogP contribution in [0.25, 0.3) is 0 Å². The number of nitrogens with two attached hydrogens (primary N) is 1. The standard InChI is InChI=1S/C17H16F3NO2/c18-17(19,20)15-4-2-11(7-21)6-16(15)23-8-12-1-3-13-9-22-10-14(13)5-12/h1-6H,7-10,21H2. The molecule has 1 heterocycles. The van der Waals surface area contributed by atoms with Crippen LogP contribution in [0.4, 0.5) is 13.2 Å². The molecule has 3 rings (SSSR count). The summed E-state index contributed by atoms with van der Waals surface area (Å²) in [5.74, 6) is -0.197. The molecule has 0 aromatic heterocycles. The van der Waals surface area contributed by atoms with Crippen LogP contribution in [0.3, 0.4) is 0 Å². The monoisotopic (exact) mass is 323 g/mol. The summed E-state index contributed by atoms with van der Waals surface area (Å²) in [5, 5.41) is 0. The van der Waals surface area contributed by atoms with Crippen molar-refractivity contribution in [2.45, 2.75) is 32.5 Å². The molecule has 0 saturated heterocycles. The van der Waals surface area contributed by atoms with E-state index in [-0.39, 0.29) is 18.9 Å². The molecule has 2 aromatic carbocycles. The van der Waals surface area contributed by atoms with Gasteiger partial charge < -0.3 is 15.2 Å². The van der Waals surface area contributed by atoms with Gasteiger partial charge in [-0.25, -0.2) is 0 Å². The average molecular weight is 323 g/mol. The topological polar surface area (TPSA) is 44.5 Å². The Hall–Kier alpha value is -2.05. The largest absolute Gasteiger partial charge is 0.488 e. The Morgan fingerprint density at radius 2 is 1.74 bits per heavy atom. The molecule has 3 nitrogen and oxygen atoms in total.